The summed E-state index contributed by atoms with van der Waals surface area (Å²) in [6.45, 7) is 1.88. The van der Waals surface area contributed by atoms with Crippen LogP contribution in [-0.2, 0) is 29.2 Å². The molecule has 0 radical (unpaired) electrons. The summed E-state index contributed by atoms with van der Waals surface area (Å²) < 4.78 is 94.6. The molecule has 3 heterocycles. The van der Waals surface area contributed by atoms with Crippen LogP contribution in [0.2, 0.25) is 5.02 Å². The number of likely N-dealkylation sites (tertiary alicyclic amines) is 1. The Morgan fingerprint density at radius 1 is 0.949 bits per heavy atom. The van der Waals surface area contributed by atoms with Crippen molar-refractivity contribution in [2.24, 2.45) is 5.92 Å². The van der Waals surface area contributed by atoms with E-state index in [4.69, 9.17) is 21.1 Å². The minimum absolute atomic E-state index is 0.00221. The van der Waals surface area contributed by atoms with Crippen molar-refractivity contribution in [1.82, 2.24) is 4.90 Å². The molecule has 0 aliphatic carbocycles. The first-order valence-corrected chi connectivity index (χ1v) is 16.9. The van der Waals surface area contributed by atoms with E-state index in [-0.39, 0.29) is 48.0 Å². The zero-order valence-corrected chi connectivity index (χ0v) is 23.8. The second kappa shape index (κ2) is 11.2. The number of fused-ring (bicyclic) bond motifs is 3. The van der Waals surface area contributed by atoms with E-state index in [0.29, 0.717) is 11.6 Å². The Hall–Kier alpha value is -1.79. The summed E-state index contributed by atoms with van der Waals surface area (Å²) in [5.74, 6) is -3.37. The third kappa shape index (κ3) is 5.45. The quantitative estimate of drug-likeness (QED) is 0.442. The van der Waals surface area contributed by atoms with Gasteiger partial charge in [0.15, 0.2) is 31.2 Å². The highest BCUT2D eigenvalue weighted by Crippen LogP contribution is 2.55. The molecule has 2 saturated heterocycles. The summed E-state index contributed by atoms with van der Waals surface area (Å²) in [4.78, 5) is 2.05. The predicted octanol–water partition coefficient (Wildman–Crippen LogP) is 4.38. The standard InChI is InChI=1S/C27H32ClF2NO6S2/c28-19-4-6-20(7-5-19)39(34,35)27-11-15-36-24(10-16-38(32,33)17-14-31-12-2-1-3-13-31)21(27)18-37-26-23(30)9-8-22(29)25(26)27/h4-9,21,24H,1-3,10-18H2/t21-,24-,27-/m0/s1. The molecule has 3 aliphatic rings. The van der Waals surface area contributed by atoms with Crippen LogP contribution in [-0.4, -0.2) is 72.2 Å². The number of sulfone groups is 2. The van der Waals surface area contributed by atoms with Crippen LogP contribution in [0.1, 0.15) is 37.7 Å². The second-order valence-electron chi connectivity index (χ2n) is 10.5. The van der Waals surface area contributed by atoms with Gasteiger partial charge in [0.2, 0.25) is 0 Å². The van der Waals surface area contributed by atoms with Crippen molar-refractivity contribution in [1.29, 1.82) is 0 Å². The van der Waals surface area contributed by atoms with E-state index in [1.165, 1.54) is 24.3 Å². The molecular formula is C27H32ClF2NO6S2. The Kier molecular flexibility index (Phi) is 8.28. The molecule has 214 valence electrons. The van der Waals surface area contributed by atoms with Crippen LogP contribution in [0.3, 0.4) is 0 Å². The molecule has 3 aliphatic heterocycles. The topological polar surface area (TPSA) is 90.0 Å². The zero-order chi connectivity index (χ0) is 27.8. The molecule has 3 atom stereocenters. The SMILES string of the molecule is O=S(=O)(CC[C@@H]1OCC[C@@]2(S(=O)(=O)c3ccc(Cl)cc3)c3c(F)ccc(F)c3OC[C@@H]12)CCN1CCCCC1. The maximum Gasteiger partial charge on any atom is 0.189 e. The van der Waals surface area contributed by atoms with Crippen LogP contribution >= 0.6 is 11.6 Å². The van der Waals surface area contributed by atoms with Crippen molar-refractivity contribution in [3.05, 3.63) is 58.6 Å². The second-order valence-corrected chi connectivity index (χ2v) is 15.4. The molecule has 0 amide bonds. The van der Waals surface area contributed by atoms with E-state index >= 15 is 4.39 Å². The number of nitrogens with zero attached hydrogens (tertiary/aromatic N) is 1. The normalized spacial score (nSPS) is 25.9. The number of rotatable bonds is 8. The van der Waals surface area contributed by atoms with Crippen LogP contribution in [0.4, 0.5) is 8.78 Å². The summed E-state index contributed by atoms with van der Waals surface area (Å²) >= 11 is 5.99. The lowest BCUT2D eigenvalue weighted by molar-refractivity contribution is -0.0732. The summed E-state index contributed by atoms with van der Waals surface area (Å²) in [6.07, 6.45) is 2.28. The van der Waals surface area contributed by atoms with E-state index in [9.17, 15) is 21.2 Å². The van der Waals surface area contributed by atoms with Gasteiger partial charge in [-0.3, -0.25) is 0 Å². The molecule has 2 aromatic carbocycles. The molecule has 0 unspecified atom stereocenters. The number of piperidine rings is 1. The summed E-state index contributed by atoms with van der Waals surface area (Å²) in [5.41, 5.74) is -0.366. The summed E-state index contributed by atoms with van der Waals surface area (Å²) in [6, 6.07) is 7.33. The van der Waals surface area contributed by atoms with Gasteiger partial charge >= 0.3 is 0 Å². The molecular weight excluding hydrogens is 572 g/mol. The fourth-order valence-electron chi connectivity index (χ4n) is 6.18. The smallest absolute Gasteiger partial charge is 0.189 e. The van der Waals surface area contributed by atoms with Gasteiger partial charge in [-0.2, -0.15) is 0 Å². The third-order valence-corrected chi connectivity index (χ3v) is 12.7. The van der Waals surface area contributed by atoms with Crippen LogP contribution < -0.4 is 4.74 Å². The Labute approximate surface area is 233 Å². The Morgan fingerprint density at radius 2 is 1.64 bits per heavy atom. The Morgan fingerprint density at radius 3 is 2.36 bits per heavy atom. The van der Waals surface area contributed by atoms with Gasteiger partial charge in [0.25, 0.3) is 0 Å². The van der Waals surface area contributed by atoms with Gasteiger partial charge in [0.1, 0.15) is 10.6 Å². The molecule has 2 fully saturated rings. The van der Waals surface area contributed by atoms with E-state index in [1.54, 1.807) is 0 Å². The van der Waals surface area contributed by atoms with Gasteiger partial charge < -0.3 is 14.4 Å². The number of benzene rings is 2. The largest absolute Gasteiger partial charge is 0.490 e. The maximum atomic E-state index is 15.5. The highest BCUT2D eigenvalue weighted by molar-refractivity contribution is 7.92. The fraction of sp³-hybridized carbons (Fsp3) is 0.556. The first-order chi connectivity index (χ1) is 18.5. The highest BCUT2D eigenvalue weighted by atomic mass is 35.5. The molecule has 0 spiro atoms. The van der Waals surface area contributed by atoms with Crippen LogP contribution in [0.25, 0.3) is 0 Å². The fourth-order valence-corrected chi connectivity index (χ4v) is 9.99. The first-order valence-electron chi connectivity index (χ1n) is 13.2. The average molecular weight is 604 g/mol. The minimum atomic E-state index is -4.35. The summed E-state index contributed by atoms with van der Waals surface area (Å²) in [7, 11) is -7.81. The molecule has 0 N–H and O–H groups in total. The van der Waals surface area contributed by atoms with Crippen LogP contribution in [0.5, 0.6) is 5.75 Å². The van der Waals surface area contributed by atoms with Crippen molar-refractivity contribution in [2.75, 3.05) is 44.4 Å². The van der Waals surface area contributed by atoms with Gasteiger partial charge in [-0.25, -0.2) is 25.6 Å². The Bertz CT molecular complexity index is 1410. The van der Waals surface area contributed by atoms with Crippen molar-refractivity contribution < 1.29 is 35.1 Å². The number of halogens is 3. The molecule has 0 bridgehead atoms. The minimum Gasteiger partial charge on any atom is -0.490 e. The lowest BCUT2D eigenvalue weighted by Crippen LogP contribution is -2.57. The highest BCUT2D eigenvalue weighted by Gasteiger charge is 2.61. The van der Waals surface area contributed by atoms with Crippen molar-refractivity contribution in [2.45, 2.75) is 47.9 Å². The molecule has 39 heavy (non-hydrogen) atoms. The summed E-state index contributed by atoms with van der Waals surface area (Å²) in [5, 5.41) is 0.326. The molecule has 5 rings (SSSR count). The number of hydrogen-bond acceptors (Lipinski definition) is 7. The van der Waals surface area contributed by atoms with Crippen molar-refractivity contribution in [3.8, 4) is 5.75 Å². The lowest BCUT2D eigenvalue weighted by Gasteiger charge is -2.50. The van der Waals surface area contributed by atoms with Gasteiger partial charge in [-0.15, -0.1) is 0 Å². The Balaban J connectivity index is 1.48. The number of ether oxygens (including phenoxy) is 2. The average Bonchev–Trinajstić information content (AvgIpc) is 2.93. The van der Waals surface area contributed by atoms with E-state index in [1.807, 2.05) is 0 Å². The molecule has 12 heteroatoms. The van der Waals surface area contributed by atoms with Gasteiger partial charge in [-0.05, 0) is 75.2 Å². The predicted molar refractivity (Wildman–Crippen MR) is 144 cm³/mol. The van der Waals surface area contributed by atoms with Crippen LogP contribution in [0.15, 0.2) is 41.3 Å². The molecule has 7 nitrogen and oxygen atoms in total. The van der Waals surface area contributed by atoms with Crippen molar-refractivity contribution in [3.63, 3.8) is 0 Å². The van der Waals surface area contributed by atoms with E-state index in [0.717, 1.165) is 44.5 Å². The monoisotopic (exact) mass is 603 g/mol. The maximum absolute atomic E-state index is 15.5. The van der Waals surface area contributed by atoms with Gasteiger partial charge in [0.05, 0.1) is 34.7 Å². The first kappa shape index (κ1) is 28.7. The lowest BCUT2D eigenvalue weighted by atomic mass is 9.75. The van der Waals surface area contributed by atoms with E-state index < -0.39 is 53.8 Å². The van der Waals surface area contributed by atoms with Crippen molar-refractivity contribution >= 4 is 31.3 Å². The molecule has 2 aromatic rings. The van der Waals surface area contributed by atoms with E-state index in [2.05, 4.69) is 4.90 Å². The molecule has 0 saturated carbocycles. The van der Waals surface area contributed by atoms with Gasteiger partial charge in [0, 0.05) is 24.1 Å². The molecule has 0 aromatic heterocycles. The zero-order valence-electron chi connectivity index (χ0n) is 21.5. The van der Waals surface area contributed by atoms with Crippen LogP contribution in [0, 0.1) is 17.6 Å². The third-order valence-electron chi connectivity index (χ3n) is 8.23. The van der Waals surface area contributed by atoms with Gasteiger partial charge in [-0.1, -0.05) is 18.0 Å². The number of hydrogen-bond donors (Lipinski definition) is 0.